The zero-order valence-electron chi connectivity index (χ0n) is 18.8. The number of hydrogen-bond donors (Lipinski definition) is 1. The topological polar surface area (TPSA) is 51.6 Å². The van der Waals surface area contributed by atoms with E-state index >= 15 is 0 Å². The number of fused-ring (bicyclic) bond motifs is 1. The maximum atomic E-state index is 14.3. The normalized spacial score (nSPS) is 13.9. The minimum atomic E-state index is -1.00. The molecule has 1 aliphatic heterocycles. The molecule has 4 nitrogen and oxygen atoms in total. The number of alkyl halides is 1. The van der Waals surface area contributed by atoms with Gasteiger partial charge in [-0.15, -0.1) is 0 Å². The fourth-order valence-corrected chi connectivity index (χ4v) is 4.81. The highest BCUT2D eigenvalue weighted by atomic mass is 19.1. The molecule has 33 heavy (non-hydrogen) atoms. The first-order valence-electron chi connectivity index (χ1n) is 11.6. The summed E-state index contributed by atoms with van der Waals surface area (Å²) in [6.45, 7) is 2.59. The van der Waals surface area contributed by atoms with Crippen LogP contribution in [0.4, 0.5) is 4.39 Å². The highest BCUT2D eigenvalue weighted by Crippen LogP contribution is 2.42. The van der Waals surface area contributed by atoms with E-state index in [4.69, 9.17) is 14.5 Å². The van der Waals surface area contributed by atoms with E-state index in [-0.39, 0.29) is 6.42 Å². The third-order valence-electron chi connectivity index (χ3n) is 6.42. The van der Waals surface area contributed by atoms with E-state index < -0.39 is 13.0 Å². The van der Waals surface area contributed by atoms with Crippen LogP contribution in [0, 0.1) is 0 Å². The first kappa shape index (κ1) is 21.8. The summed E-state index contributed by atoms with van der Waals surface area (Å²) < 4.78 is 25.9. The summed E-state index contributed by atoms with van der Waals surface area (Å²) >= 11 is 0. The number of aliphatic hydroxyl groups excluding tert-OH is 1. The number of benzene rings is 3. The van der Waals surface area contributed by atoms with Crippen molar-refractivity contribution in [1.82, 2.24) is 4.98 Å². The number of hydrogen-bond acceptors (Lipinski definition) is 4. The SMILES string of the molecule is CCCCOC(O)Cc1c(CF)cc2ccccc2c1-c1ccc2c3c(ccnc13)CCO2. The minimum Gasteiger partial charge on any atom is -0.493 e. The van der Waals surface area contributed by atoms with Gasteiger partial charge in [-0.05, 0) is 63.7 Å². The summed E-state index contributed by atoms with van der Waals surface area (Å²) in [7, 11) is 0. The highest BCUT2D eigenvalue weighted by molar-refractivity contribution is 6.08. The van der Waals surface area contributed by atoms with Crippen LogP contribution < -0.4 is 4.74 Å². The molecule has 3 aromatic carbocycles. The molecule has 0 bridgehead atoms. The molecule has 4 aromatic rings. The number of pyridine rings is 1. The molecule has 5 heteroatoms. The molecule has 1 unspecified atom stereocenters. The summed E-state index contributed by atoms with van der Waals surface area (Å²) in [5.74, 6) is 0.832. The van der Waals surface area contributed by atoms with Gasteiger partial charge in [0.05, 0.1) is 12.1 Å². The highest BCUT2D eigenvalue weighted by Gasteiger charge is 2.23. The van der Waals surface area contributed by atoms with Crippen LogP contribution in [0.1, 0.15) is 36.5 Å². The Kier molecular flexibility index (Phi) is 6.25. The predicted molar refractivity (Wildman–Crippen MR) is 129 cm³/mol. The molecule has 170 valence electrons. The summed E-state index contributed by atoms with van der Waals surface area (Å²) in [6.07, 6.45) is 3.73. The molecule has 0 spiro atoms. The lowest BCUT2D eigenvalue weighted by atomic mass is 9.86. The Bertz CT molecular complexity index is 1290. The molecule has 0 fully saturated rings. The van der Waals surface area contributed by atoms with Gasteiger partial charge in [0.15, 0.2) is 6.29 Å². The maximum absolute atomic E-state index is 14.3. The van der Waals surface area contributed by atoms with Crippen molar-refractivity contribution < 1.29 is 19.0 Å². The Hall–Kier alpha value is -3.02. The Morgan fingerprint density at radius 2 is 2.06 bits per heavy atom. The quantitative estimate of drug-likeness (QED) is 0.262. The molecule has 1 N–H and O–H groups in total. The van der Waals surface area contributed by atoms with Crippen LogP contribution in [0.3, 0.4) is 0 Å². The van der Waals surface area contributed by atoms with Crippen LogP contribution in [0.25, 0.3) is 32.8 Å². The number of ether oxygens (including phenoxy) is 2. The number of halogens is 1. The lowest BCUT2D eigenvalue weighted by molar-refractivity contribution is -0.0980. The van der Waals surface area contributed by atoms with Crippen molar-refractivity contribution in [2.75, 3.05) is 13.2 Å². The summed E-state index contributed by atoms with van der Waals surface area (Å²) in [5.41, 5.74) is 5.20. The van der Waals surface area contributed by atoms with Crippen molar-refractivity contribution in [1.29, 1.82) is 0 Å². The van der Waals surface area contributed by atoms with Crippen LogP contribution >= 0.6 is 0 Å². The Balaban J connectivity index is 1.75. The van der Waals surface area contributed by atoms with Crippen LogP contribution in [-0.2, 0) is 24.3 Å². The molecule has 0 aliphatic carbocycles. The predicted octanol–water partition coefficient (Wildman–Crippen LogP) is 6.14. The van der Waals surface area contributed by atoms with Gasteiger partial charge in [0.25, 0.3) is 0 Å². The molecule has 1 aromatic heterocycles. The summed E-state index contributed by atoms with van der Waals surface area (Å²) in [4.78, 5) is 4.74. The van der Waals surface area contributed by atoms with Gasteiger partial charge in [-0.1, -0.05) is 37.6 Å². The van der Waals surface area contributed by atoms with Gasteiger partial charge >= 0.3 is 0 Å². The summed E-state index contributed by atoms with van der Waals surface area (Å²) in [6, 6.07) is 15.9. The first-order chi connectivity index (χ1) is 16.2. The van der Waals surface area contributed by atoms with E-state index in [1.165, 1.54) is 5.56 Å². The molecule has 0 saturated carbocycles. The Morgan fingerprint density at radius 1 is 1.18 bits per heavy atom. The average Bonchev–Trinajstić information content (AvgIpc) is 2.85. The molecule has 0 amide bonds. The van der Waals surface area contributed by atoms with Gasteiger partial charge in [-0.2, -0.15) is 0 Å². The van der Waals surface area contributed by atoms with Gasteiger partial charge < -0.3 is 14.6 Å². The van der Waals surface area contributed by atoms with Crippen molar-refractivity contribution in [3.8, 4) is 16.9 Å². The lowest BCUT2D eigenvalue weighted by Crippen LogP contribution is -2.18. The number of nitrogens with zero attached hydrogens (tertiary/aromatic N) is 1. The average molecular weight is 446 g/mol. The lowest BCUT2D eigenvalue weighted by Gasteiger charge is -2.23. The van der Waals surface area contributed by atoms with E-state index in [2.05, 4.69) is 6.92 Å². The third kappa shape index (κ3) is 4.07. The minimum absolute atomic E-state index is 0.211. The van der Waals surface area contributed by atoms with Crippen molar-refractivity contribution in [2.24, 2.45) is 0 Å². The second-order valence-electron chi connectivity index (χ2n) is 8.53. The van der Waals surface area contributed by atoms with Crippen molar-refractivity contribution in [3.05, 3.63) is 71.4 Å². The van der Waals surface area contributed by atoms with Crippen molar-refractivity contribution >= 4 is 21.7 Å². The van der Waals surface area contributed by atoms with Gasteiger partial charge in [0.2, 0.25) is 0 Å². The number of aromatic nitrogens is 1. The standard InChI is InChI=1S/C28H28FNO3/c1-2-3-13-33-25(31)16-23-20(17-29)15-19-6-4-5-7-21(19)27(23)22-8-9-24-26-18(11-14-32-24)10-12-30-28(22)26/h4-10,12,15,25,31H,2-3,11,13-14,16-17H2,1H3. The van der Waals surface area contributed by atoms with E-state index in [0.717, 1.165) is 63.4 Å². The molecule has 2 heterocycles. The molecule has 0 radical (unpaired) electrons. The van der Waals surface area contributed by atoms with E-state index in [1.807, 2.05) is 54.7 Å². The monoisotopic (exact) mass is 445 g/mol. The van der Waals surface area contributed by atoms with Gasteiger partial charge in [0.1, 0.15) is 12.4 Å². The Labute approximate surface area is 193 Å². The van der Waals surface area contributed by atoms with Crippen LogP contribution in [0.15, 0.2) is 54.7 Å². The summed E-state index contributed by atoms with van der Waals surface area (Å²) in [5, 5.41) is 13.6. The second-order valence-corrected chi connectivity index (χ2v) is 8.53. The fourth-order valence-electron chi connectivity index (χ4n) is 4.81. The number of rotatable bonds is 8. The molecule has 0 saturated heterocycles. The van der Waals surface area contributed by atoms with E-state index in [1.54, 1.807) is 0 Å². The molecular formula is C28H28FNO3. The third-order valence-corrected chi connectivity index (χ3v) is 6.42. The maximum Gasteiger partial charge on any atom is 0.158 e. The van der Waals surface area contributed by atoms with E-state index in [0.29, 0.717) is 18.8 Å². The number of unbranched alkanes of at least 4 members (excludes halogenated alkanes) is 1. The second kappa shape index (κ2) is 9.46. The number of aliphatic hydroxyl groups is 1. The first-order valence-corrected chi connectivity index (χ1v) is 11.6. The zero-order chi connectivity index (χ0) is 22.8. The fraction of sp³-hybridized carbons (Fsp3) is 0.321. The van der Waals surface area contributed by atoms with Gasteiger partial charge in [-0.25, -0.2) is 4.39 Å². The smallest absolute Gasteiger partial charge is 0.158 e. The van der Waals surface area contributed by atoms with Gasteiger partial charge in [0, 0.05) is 36.6 Å². The van der Waals surface area contributed by atoms with Gasteiger partial charge in [-0.3, -0.25) is 4.98 Å². The Morgan fingerprint density at radius 3 is 2.91 bits per heavy atom. The van der Waals surface area contributed by atoms with E-state index in [9.17, 15) is 9.50 Å². The van der Waals surface area contributed by atoms with Crippen LogP contribution in [0.5, 0.6) is 5.75 Å². The molecule has 5 rings (SSSR count). The largest absolute Gasteiger partial charge is 0.493 e. The van der Waals surface area contributed by atoms with Crippen molar-refractivity contribution in [3.63, 3.8) is 0 Å². The zero-order valence-corrected chi connectivity index (χ0v) is 18.8. The van der Waals surface area contributed by atoms with Crippen molar-refractivity contribution in [2.45, 2.75) is 45.6 Å². The molecular weight excluding hydrogens is 417 g/mol. The van der Waals surface area contributed by atoms with Crippen LogP contribution in [-0.4, -0.2) is 29.6 Å². The van der Waals surface area contributed by atoms with Crippen LogP contribution in [0.2, 0.25) is 0 Å². The molecule has 1 aliphatic rings. The molecule has 1 atom stereocenters.